The minimum absolute atomic E-state index is 0.00450. The SMILES string of the molecule is C[C@]12CCC3c4ccc(O)cc4C[C@@H](CCCCCCCCCS(=O)(=O)CCCC(F)(F)C(F)(F)F)C3C1CC[C@@H]2O. The van der Waals surface area contributed by atoms with Crippen LogP contribution in [-0.4, -0.2) is 48.3 Å². The first kappa shape index (κ1) is 33.5. The van der Waals surface area contributed by atoms with Gasteiger partial charge in [-0.15, -0.1) is 0 Å². The topological polar surface area (TPSA) is 74.6 Å². The molecule has 6 atom stereocenters. The molecule has 0 amide bonds. The highest BCUT2D eigenvalue weighted by molar-refractivity contribution is 7.91. The standard InChI is InChI=1S/C32H47F5O4S/c1-30-17-15-26-25-12-11-24(38)21-23(25)20-22(29(26)27(30)13-14-28(30)39)10-7-5-3-2-4-6-8-18-42(40,41)19-9-16-31(33,34)32(35,36)37/h11-12,21-22,26-29,38-39H,2-10,13-20H2,1H3/t22-,26?,27?,28+,29?,30+/m1/s1. The van der Waals surface area contributed by atoms with Crippen LogP contribution in [0.2, 0.25) is 0 Å². The third-order valence-electron chi connectivity index (χ3n) is 10.7. The number of unbranched alkanes of at least 4 members (excludes halogenated alkanes) is 6. The molecule has 10 heteroatoms. The van der Waals surface area contributed by atoms with E-state index in [9.17, 15) is 40.6 Å². The van der Waals surface area contributed by atoms with Crippen LogP contribution in [0.5, 0.6) is 5.75 Å². The van der Waals surface area contributed by atoms with Crippen molar-refractivity contribution in [1.29, 1.82) is 0 Å². The zero-order chi connectivity index (χ0) is 30.8. The number of aliphatic hydroxyl groups is 1. The summed E-state index contributed by atoms with van der Waals surface area (Å²) in [6.07, 6.45) is 4.22. The number of halogens is 5. The molecule has 3 aliphatic rings. The molecule has 4 nitrogen and oxygen atoms in total. The number of aromatic hydroxyl groups is 1. The number of phenolic OH excluding ortho intramolecular Hbond substituents is 1. The van der Waals surface area contributed by atoms with Gasteiger partial charge in [0.25, 0.3) is 0 Å². The summed E-state index contributed by atoms with van der Waals surface area (Å²) in [5, 5.41) is 21.0. The summed E-state index contributed by atoms with van der Waals surface area (Å²) < 4.78 is 86.8. The normalized spacial score (nSPS) is 29.6. The zero-order valence-corrected chi connectivity index (χ0v) is 25.5. The van der Waals surface area contributed by atoms with Gasteiger partial charge in [0.1, 0.15) is 15.6 Å². The lowest BCUT2D eigenvalue weighted by atomic mass is 9.52. The molecule has 2 N–H and O–H groups in total. The Labute approximate surface area is 247 Å². The molecule has 0 aromatic heterocycles. The molecule has 0 saturated heterocycles. The summed E-state index contributed by atoms with van der Waals surface area (Å²) in [6.45, 7) is 2.28. The van der Waals surface area contributed by atoms with Crippen LogP contribution < -0.4 is 0 Å². The fraction of sp³-hybridized carbons (Fsp3) is 0.812. The van der Waals surface area contributed by atoms with Gasteiger partial charge in [0.2, 0.25) is 0 Å². The Morgan fingerprint density at radius 2 is 1.55 bits per heavy atom. The Kier molecular flexibility index (Phi) is 10.6. The average Bonchev–Trinajstić information content (AvgIpc) is 3.20. The summed E-state index contributed by atoms with van der Waals surface area (Å²) in [5.41, 5.74) is 2.65. The third-order valence-corrected chi connectivity index (χ3v) is 12.5. The van der Waals surface area contributed by atoms with E-state index in [1.807, 2.05) is 12.1 Å². The Balaban J connectivity index is 1.17. The van der Waals surface area contributed by atoms with Gasteiger partial charge in [-0.1, -0.05) is 51.5 Å². The second kappa shape index (κ2) is 13.3. The molecule has 2 fully saturated rings. The smallest absolute Gasteiger partial charge is 0.453 e. The Hall–Kier alpha value is -1.42. The maximum atomic E-state index is 13.0. The van der Waals surface area contributed by atoms with Crippen LogP contribution >= 0.6 is 0 Å². The van der Waals surface area contributed by atoms with Gasteiger partial charge in [-0.25, -0.2) is 8.42 Å². The third kappa shape index (κ3) is 7.62. The summed E-state index contributed by atoms with van der Waals surface area (Å²) in [5.74, 6) is -3.27. The predicted molar refractivity (Wildman–Crippen MR) is 153 cm³/mol. The van der Waals surface area contributed by atoms with Gasteiger partial charge < -0.3 is 10.2 Å². The molecule has 2 saturated carbocycles. The number of sulfone groups is 1. The molecule has 0 radical (unpaired) electrons. The van der Waals surface area contributed by atoms with Crippen molar-refractivity contribution in [3.8, 4) is 5.75 Å². The lowest BCUT2D eigenvalue weighted by Crippen LogP contribution is -2.47. The van der Waals surface area contributed by atoms with Crippen LogP contribution in [0.15, 0.2) is 18.2 Å². The Bertz CT molecular complexity index is 1150. The summed E-state index contributed by atoms with van der Waals surface area (Å²) in [4.78, 5) is 0. The average molecular weight is 623 g/mol. The van der Waals surface area contributed by atoms with Gasteiger partial charge >= 0.3 is 12.1 Å². The fourth-order valence-electron chi connectivity index (χ4n) is 8.40. The minimum Gasteiger partial charge on any atom is -0.508 e. The van der Waals surface area contributed by atoms with Crippen LogP contribution in [0, 0.1) is 23.2 Å². The van der Waals surface area contributed by atoms with Crippen molar-refractivity contribution < 1.29 is 40.6 Å². The van der Waals surface area contributed by atoms with E-state index >= 15 is 0 Å². The molecule has 1 aromatic carbocycles. The van der Waals surface area contributed by atoms with Gasteiger partial charge in [0, 0.05) is 6.42 Å². The van der Waals surface area contributed by atoms with Crippen molar-refractivity contribution in [3.05, 3.63) is 29.3 Å². The van der Waals surface area contributed by atoms with Gasteiger partial charge in [-0.3, -0.25) is 0 Å². The van der Waals surface area contributed by atoms with Crippen molar-refractivity contribution in [3.63, 3.8) is 0 Å². The Morgan fingerprint density at radius 1 is 0.905 bits per heavy atom. The highest BCUT2D eigenvalue weighted by Crippen LogP contribution is 2.62. The van der Waals surface area contributed by atoms with E-state index in [2.05, 4.69) is 13.0 Å². The van der Waals surface area contributed by atoms with Crippen molar-refractivity contribution in [2.45, 2.75) is 127 Å². The molecule has 0 spiro atoms. The molecule has 3 aliphatic carbocycles. The number of benzene rings is 1. The largest absolute Gasteiger partial charge is 0.508 e. The first-order valence-corrected chi connectivity index (χ1v) is 17.6. The number of fused-ring (bicyclic) bond motifs is 5. The minimum atomic E-state index is -5.65. The van der Waals surface area contributed by atoms with Crippen LogP contribution in [0.4, 0.5) is 22.0 Å². The Morgan fingerprint density at radius 3 is 2.24 bits per heavy atom. The summed E-state index contributed by atoms with van der Waals surface area (Å²) >= 11 is 0. The maximum Gasteiger partial charge on any atom is 0.453 e. The molecule has 1 aromatic rings. The first-order valence-electron chi connectivity index (χ1n) is 15.8. The molecule has 0 heterocycles. The van der Waals surface area contributed by atoms with E-state index in [0.29, 0.717) is 42.3 Å². The second-order valence-corrected chi connectivity index (χ2v) is 15.8. The molecule has 4 rings (SSSR count). The number of aliphatic hydroxyl groups excluding tert-OH is 1. The fourth-order valence-corrected chi connectivity index (χ4v) is 9.83. The van der Waals surface area contributed by atoms with Gasteiger partial charge in [-0.2, -0.15) is 22.0 Å². The van der Waals surface area contributed by atoms with Crippen LogP contribution in [0.3, 0.4) is 0 Å². The lowest BCUT2D eigenvalue weighted by molar-refractivity contribution is -0.284. The van der Waals surface area contributed by atoms with E-state index in [1.54, 1.807) is 0 Å². The highest BCUT2D eigenvalue weighted by Gasteiger charge is 2.57. The molecule has 0 aliphatic heterocycles. The summed E-state index contributed by atoms with van der Waals surface area (Å²) in [7, 11) is -3.64. The van der Waals surface area contributed by atoms with Crippen molar-refractivity contribution >= 4 is 9.84 Å². The number of hydrogen-bond donors (Lipinski definition) is 2. The predicted octanol–water partition coefficient (Wildman–Crippen LogP) is 8.35. The zero-order valence-electron chi connectivity index (χ0n) is 24.6. The van der Waals surface area contributed by atoms with Crippen LogP contribution in [0.25, 0.3) is 0 Å². The van der Waals surface area contributed by atoms with E-state index in [0.717, 1.165) is 70.6 Å². The molecule has 3 unspecified atom stereocenters. The van der Waals surface area contributed by atoms with Crippen molar-refractivity contribution in [1.82, 2.24) is 0 Å². The monoisotopic (exact) mass is 622 g/mol. The first-order chi connectivity index (χ1) is 19.6. The molecule has 42 heavy (non-hydrogen) atoms. The van der Waals surface area contributed by atoms with Crippen LogP contribution in [-0.2, 0) is 16.3 Å². The molecular weight excluding hydrogens is 575 g/mol. The van der Waals surface area contributed by atoms with Gasteiger partial charge in [0.05, 0.1) is 17.6 Å². The summed E-state index contributed by atoms with van der Waals surface area (Å²) in [6, 6.07) is 5.86. The number of hydrogen-bond acceptors (Lipinski definition) is 4. The maximum absolute atomic E-state index is 13.0. The lowest BCUT2D eigenvalue weighted by Gasteiger charge is -2.53. The molecular formula is C32H47F5O4S. The second-order valence-electron chi connectivity index (χ2n) is 13.5. The van der Waals surface area contributed by atoms with Crippen molar-refractivity contribution in [2.24, 2.45) is 23.2 Å². The number of rotatable bonds is 14. The molecule has 240 valence electrons. The van der Waals surface area contributed by atoms with E-state index in [4.69, 9.17) is 0 Å². The van der Waals surface area contributed by atoms with E-state index in [-0.39, 0.29) is 17.3 Å². The highest BCUT2D eigenvalue weighted by atomic mass is 32.2. The van der Waals surface area contributed by atoms with E-state index < -0.39 is 40.5 Å². The van der Waals surface area contributed by atoms with E-state index in [1.165, 1.54) is 11.1 Å². The van der Waals surface area contributed by atoms with Crippen LogP contribution in [0.1, 0.15) is 114 Å². The molecule has 0 bridgehead atoms. The quantitative estimate of drug-likeness (QED) is 0.162. The van der Waals surface area contributed by atoms with Gasteiger partial charge in [0.15, 0.2) is 0 Å². The number of alkyl halides is 5. The van der Waals surface area contributed by atoms with Crippen molar-refractivity contribution in [2.75, 3.05) is 11.5 Å². The number of phenols is 1. The van der Waals surface area contributed by atoms with Gasteiger partial charge in [-0.05, 0) is 104 Å².